The number of nitrogens with zero attached hydrogens (tertiary/aromatic N) is 6. The van der Waals surface area contributed by atoms with Crippen LogP contribution in [0.4, 0.5) is 10.2 Å². The third-order valence-electron chi connectivity index (χ3n) is 10.1. The number of hydrogen-bond donors (Lipinski definition) is 2. The van der Waals surface area contributed by atoms with E-state index < -0.39 is 11.4 Å². The lowest BCUT2D eigenvalue weighted by molar-refractivity contribution is -0.0220. The smallest absolute Gasteiger partial charge is 0.319 e. The summed E-state index contributed by atoms with van der Waals surface area (Å²) in [5.41, 5.74) is 3.83. The Labute approximate surface area is 250 Å². The molecule has 6 bridgehead atoms. The number of aromatic amines is 1. The van der Waals surface area contributed by atoms with Gasteiger partial charge >= 0.3 is 6.01 Å². The maximum absolute atomic E-state index is 17.0. The number of aromatic nitrogens is 5. The number of nitrogens with one attached hydrogen (secondary N) is 2. The average Bonchev–Trinajstić information content (AvgIpc) is 3.69. The number of halogens is 1. The van der Waals surface area contributed by atoms with E-state index in [1.807, 2.05) is 0 Å². The molecule has 2 N–H and O–H groups in total. The lowest BCUT2D eigenvalue weighted by Crippen LogP contribution is -2.46. The first kappa shape index (κ1) is 27.2. The van der Waals surface area contributed by atoms with E-state index in [1.165, 1.54) is 12.8 Å². The van der Waals surface area contributed by atoms with Crippen LogP contribution in [0.2, 0.25) is 0 Å². The fourth-order valence-corrected chi connectivity index (χ4v) is 7.97. The molecule has 0 radical (unpaired) electrons. The summed E-state index contributed by atoms with van der Waals surface area (Å²) in [7, 11) is 0. The van der Waals surface area contributed by atoms with Crippen molar-refractivity contribution < 1.29 is 13.9 Å². The molecule has 1 aromatic carbocycles. The van der Waals surface area contributed by atoms with Gasteiger partial charge in [0.2, 0.25) is 0 Å². The molecule has 8 heterocycles. The van der Waals surface area contributed by atoms with E-state index in [9.17, 15) is 0 Å². The Morgan fingerprint density at radius 1 is 1.09 bits per heavy atom. The van der Waals surface area contributed by atoms with Crippen molar-refractivity contribution >= 4 is 27.6 Å². The summed E-state index contributed by atoms with van der Waals surface area (Å²) in [4.78, 5) is 19.3. The summed E-state index contributed by atoms with van der Waals surface area (Å²) in [6.07, 6.45) is 9.61. The van der Waals surface area contributed by atoms with Gasteiger partial charge in [-0.15, -0.1) is 0 Å². The van der Waals surface area contributed by atoms with Gasteiger partial charge in [0.15, 0.2) is 5.82 Å². The maximum atomic E-state index is 17.0. The van der Waals surface area contributed by atoms with E-state index in [1.54, 1.807) is 12.4 Å². The number of H-pyrrole nitrogens is 1. The fourth-order valence-electron chi connectivity index (χ4n) is 7.97. The first-order valence-electron chi connectivity index (χ1n) is 15.7. The lowest BCUT2D eigenvalue weighted by atomic mass is 9.92. The normalized spacial score (nSPS) is 23.9. The Bertz CT molecular complexity index is 1700. The molecule has 9 rings (SSSR count). The highest BCUT2D eigenvalue weighted by Crippen LogP contribution is 2.41. The molecule has 10 nitrogen and oxygen atoms in total. The molecular formula is C32H39FN8O2. The zero-order valence-corrected chi connectivity index (χ0v) is 25.0. The van der Waals surface area contributed by atoms with Crippen LogP contribution in [0.5, 0.6) is 6.01 Å². The van der Waals surface area contributed by atoms with Crippen molar-refractivity contribution in [3.8, 4) is 17.3 Å². The minimum atomic E-state index is -0.454. The molecule has 5 aliphatic heterocycles. The molecule has 43 heavy (non-hydrogen) atoms. The number of rotatable bonds is 3. The molecule has 3 aromatic heterocycles. The van der Waals surface area contributed by atoms with Crippen LogP contribution in [-0.2, 0) is 11.2 Å². The van der Waals surface area contributed by atoms with Gasteiger partial charge < -0.3 is 19.7 Å². The van der Waals surface area contributed by atoms with E-state index in [0.717, 1.165) is 79.5 Å². The van der Waals surface area contributed by atoms with E-state index in [-0.39, 0.29) is 22.8 Å². The summed E-state index contributed by atoms with van der Waals surface area (Å²) in [5, 5.41) is 12.3. The molecule has 3 saturated heterocycles. The largest absolute Gasteiger partial charge is 0.461 e. The summed E-state index contributed by atoms with van der Waals surface area (Å²) < 4.78 is 30.0. The maximum Gasteiger partial charge on any atom is 0.319 e. The zero-order chi connectivity index (χ0) is 29.2. The van der Waals surface area contributed by atoms with Crippen LogP contribution >= 0.6 is 0 Å². The van der Waals surface area contributed by atoms with Gasteiger partial charge in [-0.3, -0.25) is 15.0 Å². The summed E-state index contributed by atoms with van der Waals surface area (Å²) in [5.74, 6) is 0.185. The van der Waals surface area contributed by atoms with Gasteiger partial charge in [-0.2, -0.15) is 15.1 Å². The fraction of sp³-hybridized carbons (Fsp3) is 0.562. The van der Waals surface area contributed by atoms with Crippen LogP contribution < -0.4 is 15.0 Å². The highest BCUT2D eigenvalue weighted by Gasteiger charge is 2.45. The van der Waals surface area contributed by atoms with Crippen LogP contribution in [0, 0.1) is 12.7 Å². The van der Waals surface area contributed by atoms with E-state index in [0.29, 0.717) is 37.5 Å². The topological polar surface area (TPSA) is 104 Å². The molecule has 226 valence electrons. The van der Waals surface area contributed by atoms with E-state index >= 15 is 4.39 Å². The summed E-state index contributed by atoms with van der Waals surface area (Å²) in [6.45, 7) is 10.3. The Morgan fingerprint density at radius 2 is 1.95 bits per heavy atom. The third-order valence-corrected chi connectivity index (χ3v) is 10.1. The minimum absolute atomic E-state index is 0.0275. The van der Waals surface area contributed by atoms with Crippen LogP contribution in [0.3, 0.4) is 0 Å². The number of fused-ring (bicyclic) bond motifs is 6. The summed E-state index contributed by atoms with van der Waals surface area (Å²) >= 11 is 0. The van der Waals surface area contributed by atoms with Gasteiger partial charge in [0.05, 0.1) is 28.2 Å². The predicted octanol–water partition coefficient (Wildman–Crippen LogP) is 4.15. The molecule has 0 spiro atoms. The van der Waals surface area contributed by atoms with Gasteiger partial charge in [0.1, 0.15) is 23.6 Å². The predicted molar refractivity (Wildman–Crippen MR) is 163 cm³/mol. The molecule has 5 aliphatic rings. The number of ether oxygens (including phenoxy) is 2. The highest BCUT2D eigenvalue weighted by atomic mass is 19.1. The van der Waals surface area contributed by atoms with Gasteiger partial charge in [0, 0.05) is 49.9 Å². The van der Waals surface area contributed by atoms with Crippen LogP contribution in [0.15, 0.2) is 18.5 Å². The van der Waals surface area contributed by atoms with Crippen molar-refractivity contribution in [1.82, 2.24) is 35.4 Å². The van der Waals surface area contributed by atoms with Gasteiger partial charge in [-0.1, -0.05) is 0 Å². The first-order valence-corrected chi connectivity index (χ1v) is 15.7. The van der Waals surface area contributed by atoms with Crippen molar-refractivity contribution in [2.45, 2.75) is 63.5 Å². The van der Waals surface area contributed by atoms with Gasteiger partial charge in [-0.05, 0) is 82.7 Å². The molecule has 0 aliphatic carbocycles. The second kappa shape index (κ2) is 10.3. The summed E-state index contributed by atoms with van der Waals surface area (Å²) in [6, 6.07) is 2.30. The molecule has 1 atom stereocenters. The van der Waals surface area contributed by atoms with Crippen molar-refractivity contribution in [3.63, 3.8) is 0 Å². The Kier molecular flexibility index (Phi) is 6.54. The number of benzene rings is 1. The van der Waals surface area contributed by atoms with E-state index in [4.69, 9.17) is 24.4 Å². The molecule has 1 unspecified atom stereocenters. The van der Waals surface area contributed by atoms with Gasteiger partial charge in [-0.25, -0.2) is 4.39 Å². The second-order valence-corrected chi connectivity index (χ2v) is 13.1. The highest BCUT2D eigenvalue weighted by molar-refractivity contribution is 5.99. The molecular weight excluding hydrogens is 547 g/mol. The number of anilines is 1. The number of aryl methyl sites for hydroxylation is 1. The van der Waals surface area contributed by atoms with Crippen molar-refractivity contribution in [3.05, 3.63) is 35.4 Å². The SMILES string of the molecule is Cc1cc2[nH]ncc2c2c1CCCOC1(C)CNCCN(C1)c1nc(OCC34CCCN3CCC4)nc3c(F)c-2ncc13. The average molecular weight is 587 g/mol. The quantitative estimate of drug-likeness (QED) is 0.366. The molecule has 3 fully saturated rings. The number of hydrogen-bond acceptors (Lipinski definition) is 9. The lowest BCUT2D eigenvalue weighted by Gasteiger charge is -2.34. The monoisotopic (exact) mass is 586 g/mol. The van der Waals surface area contributed by atoms with Crippen LogP contribution in [-0.4, -0.2) is 93.7 Å². The Morgan fingerprint density at radius 3 is 2.81 bits per heavy atom. The van der Waals surface area contributed by atoms with Crippen LogP contribution in [0.1, 0.15) is 50.2 Å². The Balaban J connectivity index is 1.32. The molecule has 4 aromatic rings. The molecule has 0 amide bonds. The minimum Gasteiger partial charge on any atom is -0.461 e. The zero-order valence-electron chi connectivity index (χ0n) is 25.0. The van der Waals surface area contributed by atoms with Gasteiger partial charge in [0.25, 0.3) is 0 Å². The number of pyridine rings is 1. The molecule has 11 heteroatoms. The third kappa shape index (κ3) is 4.55. The van der Waals surface area contributed by atoms with E-state index in [2.05, 4.69) is 45.2 Å². The Hall–Kier alpha value is -3.41. The molecule has 0 saturated carbocycles. The first-order chi connectivity index (χ1) is 20.9. The van der Waals surface area contributed by atoms with Crippen LogP contribution in [0.25, 0.3) is 33.1 Å². The standard InChI is InChI=1S/C32H39FN8O2/c1-20-14-24-22(16-36-39-24)25-21(20)6-3-13-43-31(2)17-34-9-12-40(18-31)29-23-15-35-28(25)26(33)27(23)37-30(38-29)42-19-32-7-4-10-41(32)11-5-8-32/h14-16,34H,3-13,17-19H2,1-2H3,(H,36,39). The van der Waals surface area contributed by atoms with Crippen molar-refractivity contribution in [1.29, 1.82) is 0 Å². The van der Waals surface area contributed by atoms with Crippen molar-refractivity contribution in [2.75, 3.05) is 57.4 Å². The van der Waals surface area contributed by atoms with Crippen molar-refractivity contribution in [2.24, 2.45) is 0 Å². The second-order valence-electron chi connectivity index (χ2n) is 13.1.